The zero-order valence-corrected chi connectivity index (χ0v) is 10.0. The van der Waals surface area contributed by atoms with Crippen LogP contribution < -0.4 is 10.2 Å². The third-order valence-corrected chi connectivity index (χ3v) is 1.89. The molecule has 0 amide bonds. The van der Waals surface area contributed by atoms with Crippen LogP contribution in [0.2, 0.25) is 0 Å². The van der Waals surface area contributed by atoms with Crippen molar-refractivity contribution in [3.63, 3.8) is 0 Å². The fraction of sp³-hybridized carbons (Fsp3) is 0.250. The summed E-state index contributed by atoms with van der Waals surface area (Å²) in [6.45, 7) is 5.51. The molecule has 0 aliphatic rings. The van der Waals surface area contributed by atoms with E-state index in [4.69, 9.17) is 9.47 Å². The molecule has 1 heterocycles. The van der Waals surface area contributed by atoms with Gasteiger partial charge in [0.1, 0.15) is 6.61 Å². The number of nitrogens with one attached hydrogen (secondary N) is 1. The predicted molar refractivity (Wildman–Crippen MR) is 65.6 cm³/mol. The zero-order valence-electron chi connectivity index (χ0n) is 10.0. The van der Waals surface area contributed by atoms with E-state index in [1.807, 2.05) is 0 Å². The maximum absolute atomic E-state index is 11.8. The first-order valence-electron chi connectivity index (χ1n) is 5.36. The van der Waals surface area contributed by atoms with Crippen LogP contribution in [-0.2, 0) is 4.74 Å². The Morgan fingerprint density at radius 3 is 3.06 bits per heavy atom. The molecule has 0 unspecified atom stereocenters. The van der Waals surface area contributed by atoms with Gasteiger partial charge in [0.2, 0.25) is 5.69 Å². The van der Waals surface area contributed by atoms with Gasteiger partial charge in [0.15, 0.2) is 5.75 Å². The van der Waals surface area contributed by atoms with Crippen LogP contribution >= 0.6 is 0 Å². The van der Waals surface area contributed by atoms with Gasteiger partial charge in [-0.2, -0.15) is 5.10 Å². The lowest BCUT2D eigenvalue weighted by Gasteiger charge is -2.03. The van der Waals surface area contributed by atoms with E-state index >= 15 is 0 Å². The number of rotatable bonds is 6. The second-order valence-corrected chi connectivity index (χ2v) is 3.12. The maximum Gasteiger partial charge on any atom is 0.363 e. The quantitative estimate of drug-likeness (QED) is 0.603. The van der Waals surface area contributed by atoms with Gasteiger partial charge in [-0.25, -0.2) is 4.79 Å². The number of aromatic amines is 1. The molecule has 1 rings (SSSR count). The third kappa shape index (κ3) is 3.58. The van der Waals surface area contributed by atoms with Gasteiger partial charge < -0.3 is 9.47 Å². The number of allylic oxidation sites excluding steroid dienone is 2. The summed E-state index contributed by atoms with van der Waals surface area (Å²) in [6.07, 6.45) is 6.23. The zero-order chi connectivity index (χ0) is 13.4. The van der Waals surface area contributed by atoms with E-state index in [0.717, 1.165) is 0 Å². The second kappa shape index (κ2) is 7.05. The van der Waals surface area contributed by atoms with Gasteiger partial charge in [0, 0.05) is 0 Å². The summed E-state index contributed by atoms with van der Waals surface area (Å²) in [5, 5.41) is 6.01. The Morgan fingerprint density at radius 1 is 1.61 bits per heavy atom. The largest absolute Gasteiger partial charge is 0.484 e. The fourth-order valence-corrected chi connectivity index (χ4v) is 1.12. The monoisotopic (exact) mass is 250 g/mol. The van der Waals surface area contributed by atoms with Crippen LogP contribution in [0.4, 0.5) is 0 Å². The highest BCUT2D eigenvalue weighted by molar-refractivity contribution is 5.87. The summed E-state index contributed by atoms with van der Waals surface area (Å²) in [5.74, 6) is -0.757. The topological polar surface area (TPSA) is 81.3 Å². The summed E-state index contributed by atoms with van der Waals surface area (Å²) < 4.78 is 9.88. The van der Waals surface area contributed by atoms with Crippen LogP contribution in [0, 0.1) is 0 Å². The minimum absolute atomic E-state index is 0.0155. The van der Waals surface area contributed by atoms with Crippen molar-refractivity contribution in [3.8, 4) is 5.75 Å². The van der Waals surface area contributed by atoms with Crippen molar-refractivity contribution in [1.29, 1.82) is 0 Å². The Morgan fingerprint density at radius 2 is 2.39 bits per heavy atom. The highest BCUT2D eigenvalue weighted by Gasteiger charge is 2.16. The molecule has 0 atom stereocenters. The molecule has 96 valence electrons. The SMILES string of the molecule is C=C/C=C\COc1c[nH]nc(C(=O)OCC)c1=O. The molecule has 0 aliphatic heterocycles. The average Bonchev–Trinajstić information content (AvgIpc) is 2.36. The highest BCUT2D eigenvalue weighted by atomic mass is 16.5. The molecule has 1 aromatic heterocycles. The summed E-state index contributed by atoms with van der Waals surface area (Å²) in [7, 11) is 0. The van der Waals surface area contributed by atoms with Crippen molar-refractivity contribution in [3.05, 3.63) is 46.9 Å². The van der Waals surface area contributed by atoms with Crippen molar-refractivity contribution in [2.45, 2.75) is 6.92 Å². The summed E-state index contributed by atoms with van der Waals surface area (Å²) in [5.41, 5.74) is -0.916. The van der Waals surface area contributed by atoms with E-state index in [2.05, 4.69) is 16.8 Å². The van der Waals surface area contributed by atoms with Crippen LogP contribution in [0.15, 0.2) is 35.8 Å². The number of nitrogens with zero attached hydrogens (tertiary/aromatic N) is 1. The average molecular weight is 250 g/mol. The second-order valence-electron chi connectivity index (χ2n) is 3.12. The Bertz CT molecular complexity index is 505. The molecule has 6 nitrogen and oxygen atoms in total. The van der Waals surface area contributed by atoms with Crippen molar-refractivity contribution in [2.24, 2.45) is 0 Å². The number of ether oxygens (including phenoxy) is 2. The first-order chi connectivity index (χ1) is 8.70. The highest BCUT2D eigenvalue weighted by Crippen LogP contribution is 2.02. The standard InChI is InChI=1S/C12H14N2O4/c1-3-5-6-7-18-9-8-13-14-10(11(9)15)12(16)17-4-2/h3,5-6,8H,1,4,7H2,2H3,(H,13,15)/b6-5-. The molecular formula is C12H14N2O4. The minimum atomic E-state index is -0.772. The molecule has 0 saturated heterocycles. The van der Waals surface area contributed by atoms with Crippen LogP contribution in [-0.4, -0.2) is 29.4 Å². The van der Waals surface area contributed by atoms with Crippen molar-refractivity contribution in [2.75, 3.05) is 13.2 Å². The number of carbonyl (C=O) groups is 1. The van der Waals surface area contributed by atoms with Crippen molar-refractivity contribution in [1.82, 2.24) is 10.2 Å². The lowest BCUT2D eigenvalue weighted by molar-refractivity contribution is 0.0515. The van der Waals surface area contributed by atoms with Crippen LogP contribution in [0.1, 0.15) is 17.4 Å². The molecule has 0 fully saturated rings. The Hall–Kier alpha value is -2.37. The lowest BCUT2D eigenvalue weighted by Crippen LogP contribution is -2.22. The molecule has 0 bridgehead atoms. The van der Waals surface area contributed by atoms with E-state index in [1.54, 1.807) is 25.2 Å². The van der Waals surface area contributed by atoms with Crippen LogP contribution in [0.3, 0.4) is 0 Å². The number of hydrogen-bond donors (Lipinski definition) is 1. The van der Waals surface area contributed by atoms with Gasteiger partial charge in [-0.3, -0.25) is 9.89 Å². The maximum atomic E-state index is 11.8. The van der Waals surface area contributed by atoms with Gasteiger partial charge in [-0.05, 0) is 13.0 Å². The van der Waals surface area contributed by atoms with Crippen LogP contribution in [0.5, 0.6) is 5.75 Å². The smallest absolute Gasteiger partial charge is 0.363 e. The molecule has 0 radical (unpaired) electrons. The summed E-state index contributed by atoms with van der Waals surface area (Å²) in [4.78, 5) is 23.2. The third-order valence-electron chi connectivity index (χ3n) is 1.89. The van der Waals surface area contributed by atoms with E-state index < -0.39 is 11.4 Å². The molecule has 0 spiro atoms. The van der Waals surface area contributed by atoms with Gasteiger partial charge in [0.25, 0.3) is 5.43 Å². The molecule has 0 aromatic carbocycles. The van der Waals surface area contributed by atoms with Crippen molar-refractivity contribution < 1.29 is 14.3 Å². The first-order valence-corrected chi connectivity index (χ1v) is 5.36. The number of H-pyrrole nitrogens is 1. The Balaban J connectivity index is 2.85. The molecule has 18 heavy (non-hydrogen) atoms. The predicted octanol–water partition coefficient (Wildman–Crippen LogP) is 1.07. The Kier molecular flexibility index (Phi) is 5.37. The van der Waals surface area contributed by atoms with E-state index in [1.165, 1.54) is 6.20 Å². The summed E-state index contributed by atoms with van der Waals surface area (Å²) >= 11 is 0. The van der Waals surface area contributed by atoms with Crippen LogP contribution in [0.25, 0.3) is 0 Å². The number of carbonyl (C=O) groups excluding carboxylic acids is 1. The molecule has 0 aliphatic carbocycles. The number of esters is 1. The van der Waals surface area contributed by atoms with Gasteiger partial charge >= 0.3 is 5.97 Å². The van der Waals surface area contributed by atoms with Crippen molar-refractivity contribution >= 4 is 5.97 Å². The minimum Gasteiger partial charge on any atom is -0.484 e. The molecular weight excluding hydrogens is 236 g/mol. The molecule has 1 aromatic rings. The number of aromatic nitrogens is 2. The molecule has 1 N–H and O–H groups in total. The van der Waals surface area contributed by atoms with Gasteiger partial charge in [0.05, 0.1) is 12.8 Å². The fourth-order valence-electron chi connectivity index (χ4n) is 1.12. The van der Waals surface area contributed by atoms with E-state index in [9.17, 15) is 9.59 Å². The Labute approximate surface area is 104 Å². The van der Waals surface area contributed by atoms with E-state index in [0.29, 0.717) is 0 Å². The van der Waals surface area contributed by atoms with Gasteiger partial charge in [-0.15, -0.1) is 0 Å². The van der Waals surface area contributed by atoms with E-state index in [-0.39, 0.29) is 24.7 Å². The normalized spacial score (nSPS) is 10.3. The molecule has 0 saturated carbocycles. The molecule has 6 heteroatoms. The number of hydrogen-bond acceptors (Lipinski definition) is 5. The lowest BCUT2D eigenvalue weighted by atomic mass is 10.3. The first kappa shape index (κ1) is 13.7. The van der Waals surface area contributed by atoms with Gasteiger partial charge in [-0.1, -0.05) is 18.7 Å². The summed E-state index contributed by atoms with van der Waals surface area (Å²) in [6, 6.07) is 0.